The molecule has 14 heavy (non-hydrogen) atoms. The Bertz CT molecular complexity index is 440. The topological polar surface area (TPSA) is 38.9 Å². The fourth-order valence-corrected chi connectivity index (χ4v) is 1.81. The largest absolute Gasteiger partial charge is 0.383 e. The first kappa shape index (κ1) is 9.09. The second-order valence-corrected chi connectivity index (χ2v) is 3.84. The van der Waals surface area contributed by atoms with Crippen molar-refractivity contribution in [2.75, 3.05) is 5.73 Å². The highest BCUT2D eigenvalue weighted by atomic mass is 32.2. The maximum atomic E-state index is 5.85. The van der Waals surface area contributed by atoms with Gasteiger partial charge in [0.2, 0.25) is 0 Å². The number of hydrogen-bond donors (Lipinski definition) is 1. The number of rotatable bonds is 2. The summed E-state index contributed by atoms with van der Waals surface area (Å²) in [5.41, 5.74) is 7.97. The smallest absolute Gasteiger partial charge is 0.132 e. The van der Waals surface area contributed by atoms with Gasteiger partial charge in [0.05, 0.1) is 0 Å². The van der Waals surface area contributed by atoms with Crippen LogP contribution in [0.2, 0.25) is 0 Å². The van der Waals surface area contributed by atoms with Crippen LogP contribution in [0.15, 0.2) is 47.3 Å². The van der Waals surface area contributed by atoms with Gasteiger partial charge in [-0.15, -0.1) is 0 Å². The number of fused-ring (bicyclic) bond motifs is 1. The molecular formula is C11H10N2S. The highest BCUT2D eigenvalue weighted by Gasteiger charge is 2.05. The molecule has 0 aromatic carbocycles. The van der Waals surface area contributed by atoms with Gasteiger partial charge in [0, 0.05) is 5.56 Å². The maximum Gasteiger partial charge on any atom is 0.132 e. The molecular weight excluding hydrogens is 192 g/mol. The SMILES string of the molecule is C=CSc1ccc2cccc-2c(N)n1. The molecule has 0 atom stereocenters. The molecule has 2 rings (SSSR count). The molecule has 0 bridgehead atoms. The lowest BCUT2D eigenvalue weighted by atomic mass is 10.2. The zero-order valence-corrected chi connectivity index (χ0v) is 8.42. The molecule has 0 saturated carbocycles. The molecule has 2 N–H and O–H groups in total. The minimum Gasteiger partial charge on any atom is -0.383 e. The number of nitrogens with two attached hydrogens (primary N) is 1. The van der Waals surface area contributed by atoms with E-state index < -0.39 is 0 Å². The molecule has 0 saturated heterocycles. The highest BCUT2D eigenvalue weighted by Crippen LogP contribution is 2.28. The van der Waals surface area contributed by atoms with Gasteiger partial charge in [-0.1, -0.05) is 42.6 Å². The lowest BCUT2D eigenvalue weighted by molar-refractivity contribution is 1.18. The van der Waals surface area contributed by atoms with Crippen LogP contribution >= 0.6 is 11.8 Å². The van der Waals surface area contributed by atoms with Gasteiger partial charge in [0.15, 0.2) is 0 Å². The van der Waals surface area contributed by atoms with Crippen molar-refractivity contribution >= 4 is 17.6 Å². The molecule has 0 fully saturated rings. The molecule has 1 heterocycles. The molecule has 0 amide bonds. The Hall–Kier alpha value is -1.48. The molecule has 0 aromatic rings. The van der Waals surface area contributed by atoms with E-state index in [0.717, 1.165) is 16.2 Å². The van der Waals surface area contributed by atoms with Gasteiger partial charge < -0.3 is 5.73 Å². The zero-order chi connectivity index (χ0) is 9.97. The van der Waals surface area contributed by atoms with Crippen molar-refractivity contribution in [2.45, 2.75) is 5.03 Å². The number of anilines is 1. The number of aromatic nitrogens is 1. The summed E-state index contributed by atoms with van der Waals surface area (Å²) in [6, 6.07) is 9.94. The Kier molecular flexibility index (Phi) is 2.41. The van der Waals surface area contributed by atoms with Crippen LogP contribution in [0.3, 0.4) is 0 Å². The third-order valence-corrected chi connectivity index (χ3v) is 2.60. The first-order valence-electron chi connectivity index (χ1n) is 4.24. The van der Waals surface area contributed by atoms with Crippen molar-refractivity contribution < 1.29 is 0 Å². The summed E-state index contributed by atoms with van der Waals surface area (Å²) in [4.78, 5) is 4.30. The van der Waals surface area contributed by atoms with E-state index in [4.69, 9.17) is 5.73 Å². The van der Waals surface area contributed by atoms with Crippen LogP contribution in [0.1, 0.15) is 0 Å². The van der Waals surface area contributed by atoms with E-state index in [1.54, 1.807) is 5.41 Å². The van der Waals surface area contributed by atoms with Crippen LogP contribution in [-0.4, -0.2) is 4.98 Å². The van der Waals surface area contributed by atoms with Gasteiger partial charge in [-0.2, -0.15) is 0 Å². The fourth-order valence-electron chi connectivity index (χ4n) is 1.34. The molecule has 0 unspecified atom stereocenters. The predicted molar refractivity (Wildman–Crippen MR) is 61.3 cm³/mol. The standard InChI is InChI=1S/C11H10N2S/c1-2-14-10-7-6-8-4-3-5-9(8)11(12)13-10/h2-7H,1H2,(H2,12,13). The summed E-state index contributed by atoms with van der Waals surface area (Å²) in [5.74, 6) is 0.569. The second kappa shape index (κ2) is 3.72. The number of nitrogen functional groups attached to an aromatic ring is 1. The first-order valence-corrected chi connectivity index (χ1v) is 5.12. The van der Waals surface area contributed by atoms with Gasteiger partial charge in [0.1, 0.15) is 10.8 Å². The lowest BCUT2D eigenvalue weighted by Crippen LogP contribution is -1.89. The molecule has 2 aliphatic rings. The van der Waals surface area contributed by atoms with Gasteiger partial charge in [-0.05, 0) is 17.0 Å². The van der Waals surface area contributed by atoms with Crippen LogP contribution in [0, 0.1) is 0 Å². The van der Waals surface area contributed by atoms with E-state index in [-0.39, 0.29) is 0 Å². The molecule has 1 aliphatic carbocycles. The minimum atomic E-state index is 0.569. The summed E-state index contributed by atoms with van der Waals surface area (Å²) in [7, 11) is 0. The van der Waals surface area contributed by atoms with Gasteiger partial charge in [-0.25, -0.2) is 4.98 Å². The summed E-state index contributed by atoms with van der Waals surface area (Å²) in [5, 5.41) is 2.61. The summed E-state index contributed by atoms with van der Waals surface area (Å²) in [6.07, 6.45) is 0. The molecule has 0 radical (unpaired) electrons. The fraction of sp³-hybridized carbons (Fsp3) is 0. The quantitative estimate of drug-likeness (QED) is 0.761. The normalized spacial score (nSPS) is 10.3. The lowest BCUT2D eigenvalue weighted by Gasteiger charge is -1.94. The van der Waals surface area contributed by atoms with Crippen molar-refractivity contribution in [2.24, 2.45) is 0 Å². The van der Waals surface area contributed by atoms with Crippen LogP contribution in [0.5, 0.6) is 0 Å². The number of nitrogens with zero attached hydrogens (tertiary/aromatic N) is 1. The first-order chi connectivity index (χ1) is 6.81. The monoisotopic (exact) mass is 202 g/mol. The van der Waals surface area contributed by atoms with Crippen molar-refractivity contribution in [1.29, 1.82) is 0 Å². The van der Waals surface area contributed by atoms with Crippen LogP contribution < -0.4 is 5.73 Å². The third-order valence-electron chi connectivity index (χ3n) is 1.97. The average molecular weight is 202 g/mol. The Morgan fingerprint density at radius 3 is 2.93 bits per heavy atom. The van der Waals surface area contributed by atoms with Gasteiger partial charge in [0.25, 0.3) is 0 Å². The van der Waals surface area contributed by atoms with E-state index in [1.165, 1.54) is 11.8 Å². The van der Waals surface area contributed by atoms with Gasteiger partial charge in [-0.3, -0.25) is 0 Å². The Labute approximate surface area is 87.2 Å². The van der Waals surface area contributed by atoms with E-state index in [1.807, 2.05) is 30.3 Å². The third kappa shape index (κ3) is 1.59. The summed E-state index contributed by atoms with van der Waals surface area (Å²) < 4.78 is 0. The average Bonchev–Trinajstić information content (AvgIpc) is 2.57. The van der Waals surface area contributed by atoms with E-state index in [2.05, 4.69) is 11.6 Å². The van der Waals surface area contributed by atoms with Gasteiger partial charge >= 0.3 is 0 Å². The van der Waals surface area contributed by atoms with Crippen molar-refractivity contribution in [3.63, 3.8) is 0 Å². The Morgan fingerprint density at radius 1 is 1.29 bits per heavy atom. The van der Waals surface area contributed by atoms with Crippen LogP contribution in [0.4, 0.5) is 5.82 Å². The van der Waals surface area contributed by atoms with Crippen molar-refractivity contribution in [3.05, 3.63) is 42.3 Å². The van der Waals surface area contributed by atoms with Crippen LogP contribution in [0.25, 0.3) is 11.1 Å². The summed E-state index contributed by atoms with van der Waals surface area (Å²) >= 11 is 1.47. The van der Waals surface area contributed by atoms with Crippen LogP contribution in [-0.2, 0) is 0 Å². The molecule has 70 valence electrons. The van der Waals surface area contributed by atoms with E-state index in [9.17, 15) is 0 Å². The molecule has 0 spiro atoms. The Morgan fingerprint density at radius 2 is 2.14 bits per heavy atom. The molecule has 2 nitrogen and oxygen atoms in total. The molecule has 1 aliphatic heterocycles. The molecule has 3 heteroatoms. The van der Waals surface area contributed by atoms with E-state index in [0.29, 0.717) is 5.82 Å². The maximum absolute atomic E-state index is 5.85. The number of thioether (sulfide) groups is 1. The van der Waals surface area contributed by atoms with E-state index >= 15 is 0 Å². The van der Waals surface area contributed by atoms with Crippen molar-refractivity contribution in [1.82, 2.24) is 4.98 Å². The Balaban J connectivity index is 2.59. The number of hydrogen-bond acceptors (Lipinski definition) is 3. The highest BCUT2D eigenvalue weighted by molar-refractivity contribution is 8.02. The minimum absolute atomic E-state index is 0.569. The second-order valence-electron chi connectivity index (χ2n) is 2.85. The summed E-state index contributed by atoms with van der Waals surface area (Å²) in [6.45, 7) is 3.65. The zero-order valence-electron chi connectivity index (χ0n) is 7.60. The molecule has 0 aromatic heterocycles. The predicted octanol–water partition coefficient (Wildman–Crippen LogP) is 3.00. The van der Waals surface area contributed by atoms with Crippen molar-refractivity contribution in [3.8, 4) is 11.1 Å².